The average molecular weight is 329 g/mol. The highest BCUT2D eigenvalue weighted by Gasteiger charge is 2.21. The number of carbonyl (C=O) groups excluding carboxylic acids is 1. The predicted octanol–water partition coefficient (Wildman–Crippen LogP) is 2.87. The number of benzene rings is 1. The fraction of sp³-hybridized carbons (Fsp3) is 0.533. The monoisotopic (exact) mass is 329 g/mol. The first kappa shape index (κ1) is 18.4. The normalized spacial score (nSPS) is 13.5. The molecule has 0 radical (unpaired) electrons. The van der Waals surface area contributed by atoms with E-state index in [0.717, 1.165) is 5.56 Å². The minimum absolute atomic E-state index is 0.142. The number of alkyl carbamates (subject to hydrolysis) is 1. The summed E-state index contributed by atoms with van der Waals surface area (Å²) in [4.78, 5) is 11.5. The van der Waals surface area contributed by atoms with Gasteiger partial charge in [-0.3, -0.25) is 4.55 Å². The molecule has 0 spiro atoms. The SMILES string of the molecule is Cc1ccc(S(=O)(=O)O)c(C(C)CNC(=O)OC(C)(C)C)c1. The number of rotatable bonds is 4. The van der Waals surface area contributed by atoms with Crippen molar-refractivity contribution in [2.45, 2.75) is 51.0 Å². The third kappa shape index (κ3) is 5.65. The topological polar surface area (TPSA) is 92.7 Å². The van der Waals surface area contributed by atoms with Crippen LogP contribution in [0.4, 0.5) is 4.79 Å². The molecule has 0 aliphatic carbocycles. The molecular formula is C15H23NO5S. The van der Waals surface area contributed by atoms with E-state index in [2.05, 4.69) is 5.32 Å². The molecule has 6 nitrogen and oxygen atoms in total. The number of ether oxygens (including phenoxy) is 1. The Bertz CT molecular complexity index is 646. The van der Waals surface area contributed by atoms with Gasteiger partial charge in [0.05, 0.1) is 4.90 Å². The Hall–Kier alpha value is -1.60. The number of nitrogens with one attached hydrogen (secondary N) is 1. The maximum atomic E-state index is 11.6. The van der Waals surface area contributed by atoms with Crippen molar-refractivity contribution >= 4 is 16.2 Å². The molecule has 0 saturated heterocycles. The smallest absolute Gasteiger partial charge is 0.407 e. The fourth-order valence-electron chi connectivity index (χ4n) is 1.95. The van der Waals surface area contributed by atoms with Crippen molar-refractivity contribution < 1.29 is 22.5 Å². The highest BCUT2D eigenvalue weighted by atomic mass is 32.2. The standard InChI is InChI=1S/C15H23NO5S/c1-10-6-7-13(22(18,19)20)12(8-10)11(2)9-16-14(17)21-15(3,4)5/h6-8,11H,9H2,1-5H3,(H,16,17)(H,18,19,20). The molecule has 0 heterocycles. The van der Waals surface area contributed by atoms with Crippen molar-refractivity contribution in [2.24, 2.45) is 0 Å². The third-order valence-electron chi connectivity index (χ3n) is 2.93. The Morgan fingerprint density at radius 3 is 2.45 bits per heavy atom. The number of carbonyl (C=O) groups is 1. The molecule has 1 unspecified atom stereocenters. The van der Waals surface area contributed by atoms with Gasteiger partial charge in [-0.05, 0) is 45.2 Å². The van der Waals surface area contributed by atoms with E-state index < -0.39 is 21.8 Å². The Morgan fingerprint density at radius 1 is 1.36 bits per heavy atom. The molecule has 0 bridgehead atoms. The van der Waals surface area contributed by atoms with Gasteiger partial charge in [-0.15, -0.1) is 0 Å². The van der Waals surface area contributed by atoms with Gasteiger partial charge in [-0.2, -0.15) is 8.42 Å². The van der Waals surface area contributed by atoms with Crippen LogP contribution >= 0.6 is 0 Å². The summed E-state index contributed by atoms with van der Waals surface area (Å²) in [6, 6.07) is 4.66. The molecule has 1 rings (SSSR count). The van der Waals surface area contributed by atoms with Gasteiger partial charge in [-0.1, -0.05) is 24.6 Å². The molecule has 0 fully saturated rings. The largest absolute Gasteiger partial charge is 0.444 e. The molecule has 0 saturated carbocycles. The molecule has 1 amide bonds. The zero-order valence-electron chi connectivity index (χ0n) is 13.5. The molecule has 7 heteroatoms. The van der Waals surface area contributed by atoms with Crippen LogP contribution < -0.4 is 5.32 Å². The van der Waals surface area contributed by atoms with E-state index in [1.165, 1.54) is 6.07 Å². The van der Waals surface area contributed by atoms with Gasteiger partial charge in [0.15, 0.2) is 0 Å². The first-order valence-electron chi connectivity index (χ1n) is 6.95. The van der Waals surface area contributed by atoms with E-state index in [0.29, 0.717) is 5.56 Å². The second-order valence-corrected chi connectivity index (χ2v) is 7.69. The molecule has 124 valence electrons. The number of hydrogen-bond acceptors (Lipinski definition) is 4. The van der Waals surface area contributed by atoms with E-state index in [4.69, 9.17) is 4.74 Å². The summed E-state index contributed by atoms with van der Waals surface area (Å²) in [5.41, 5.74) is 0.723. The lowest BCUT2D eigenvalue weighted by molar-refractivity contribution is 0.0525. The van der Waals surface area contributed by atoms with E-state index in [9.17, 15) is 17.8 Å². The highest BCUT2D eigenvalue weighted by molar-refractivity contribution is 7.85. The summed E-state index contributed by atoms with van der Waals surface area (Å²) >= 11 is 0. The average Bonchev–Trinajstić information content (AvgIpc) is 2.32. The Morgan fingerprint density at radius 2 is 1.95 bits per heavy atom. The maximum absolute atomic E-state index is 11.6. The summed E-state index contributed by atoms with van der Waals surface area (Å²) in [7, 11) is -4.31. The molecule has 1 aromatic rings. The van der Waals surface area contributed by atoms with Gasteiger partial charge in [0.2, 0.25) is 0 Å². The first-order valence-corrected chi connectivity index (χ1v) is 8.39. The summed E-state index contributed by atoms with van der Waals surface area (Å²) < 4.78 is 37.3. The molecule has 1 atom stereocenters. The van der Waals surface area contributed by atoms with Crippen molar-refractivity contribution in [3.05, 3.63) is 29.3 Å². The minimum atomic E-state index is -4.31. The minimum Gasteiger partial charge on any atom is -0.444 e. The van der Waals surface area contributed by atoms with Crippen LogP contribution in [0.5, 0.6) is 0 Å². The van der Waals surface area contributed by atoms with Gasteiger partial charge in [0, 0.05) is 6.54 Å². The van der Waals surface area contributed by atoms with Gasteiger partial charge >= 0.3 is 6.09 Å². The zero-order valence-corrected chi connectivity index (χ0v) is 14.3. The summed E-state index contributed by atoms with van der Waals surface area (Å²) in [5, 5.41) is 2.60. The van der Waals surface area contributed by atoms with E-state index in [-0.39, 0.29) is 17.4 Å². The van der Waals surface area contributed by atoms with Crippen LogP contribution in [0.15, 0.2) is 23.1 Å². The van der Waals surface area contributed by atoms with Gasteiger partial charge < -0.3 is 10.1 Å². The van der Waals surface area contributed by atoms with Gasteiger partial charge in [-0.25, -0.2) is 4.79 Å². The Balaban J connectivity index is 2.88. The number of amides is 1. The Kier molecular flexibility index (Phi) is 5.59. The van der Waals surface area contributed by atoms with Crippen LogP contribution in [0.2, 0.25) is 0 Å². The van der Waals surface area contributed by atoms with Crippen LogP contribution in [0, 0.1) is 6.92 Å². The highest BCUT2D eigenvalue weighted by Crippen LogP contribution is 2.25. The zero-order chi connectivity index (χ0) is 17.1. The van der Waals surface area contributed by atoms with Crippen molar-refractivity contribution in [1.29, 1.82) is 0 Å². The van der Waals surface area contributed by atoms with Crippen LogP contribution in [0.1, 0.15) is 44.7 Å². The van der Waals surface area contributed by atoms with Crippen molar-refractivity contribution in [1.82, 2.24) is 5.32 Å². The van der Waals surface area contributed by atoms with Crippen molar-refractivity contribution in [2.75, 3.05) is 6.54 Å². The van der Waals surface area contributed by atoms with Crippen LogP contribution in [-0.2, 0) is 14.9 Å². The fourth-order valence-corrected chi connectivity index (χ4v) is 2.75. The quantitative estimate of drug-likeness (QED) is 0.829. The van der Waals surface area contributed by atoms with Crippen molar-refractivity contribution in [3.63, 3.8) is 0 Å². The van der Waals surface area contributed by atoms with E-state index >= 15 is 0 Å². The lowest BCUT2D eigenvalue weighted by Crippen LogP contribution is -2.34. The molecule has 0 aliphatic rings. The van der Waals surface area contributed by atoms with Gasteiger partial charge in [0.25, 0.3) is 10.1 Å². The Labute approximate surface area is 131 Å². The van der Waals surface area contributed by atoms with E-state index in [1.54, 1.807) is 39.8 Å². The number of aryl methyl sites for hydroxylation is 1. The van der Waals surface area contributed by atoms with E-state index in [1.807, 2.05) is 6.92 Å². The molecule has 0 aromatic heterocycles. The molecule has 1 aromatic carbocycles. The maximum Gasteiger partial charge on any atom is 0.407 e. The molecular weight excluding hydrogens is 306 g/mol. The summed E-state index contributed by atoms with van der Waals surface area (Å²) in [5.74, 6) is -0.302. The lowest BCUT2D eigenvalue weighted by Gasteiger charge is -2.21. The summed E-state index contributed by atoms with van der Waals surface area (Å²) in [6.07, 6.45) is -0.569. The second kappa shape index (κ2) is 6.66. The van der Waals surface area contributed by atoms with Crippen molar-refractivity contribution in [3.8, 4) is 0 Å². The van der Waals surface area contributed by atoms with Crippen LogP contribution in [0.25, 0.3) is 0 Å². The van der Waals surface area contributed by atoms with Gasteiger partial charge in [0.1, 0.15) is 5.60 Å². The first-order chi connectivity index (χ1) is 9.90. The molecule has 2 N–H and O–H groups in total. The lowest BCUT2D eigenvalue weighted by atomic mass is 9.99. The predicted molar refractivity (Wildman–Crippen MR) is 83.6 cm³/mol. The van der Waals surface area contributed by atoms with Crippen LogP contribution in [-0.4, -0.2) is 31.2 Å². The second-order valence-electron chi connectivity index (χ2n) is 6.30. The third-order valence-corrected chi connectivity index (χ3v) is 3.85. The number of hydrogen-bond donors (Lipinski definition) is 2. The molecule has 0 aliphatic heterocycles. The van der Waals surface area contributed by atoms with Crippen LogP contribution in [0.3, 0.4) is 0 Å². The molecule has 22 heavy (non-hydrogen) atoms. The summed E-state index contributed by atoms with van der Waals surface area (Å²) in [6.45, 7) is 9.06.